The normalized spacial score (nSPS) is 12.6. The maximum absolute atomic E-state index is 2.48. The monoisotopic (exact) mass is 576 g/mol. The molecule has 0 atom stereocenters. The lowest BCUT2D eigenvalue weighted by Crippen LogP contribution is -1.85. The van der Waals surface area contributed by atoms with Gasteiger partial charge in [-0.25, -0.2) is 0 Å². The summed E-state index contributed by atoms with van der Waals surface area (Å²) >= 11 is 10.2. The Morgan fingerprint density at radius 2 is 0.838 bits per heavy atom. The molecule has 7 aromatic rings. The molecule has 0 fully saturated rings. The molecule has 0 aliphatic rings. The van der Waals surface area contributed by atoms with Crippen LogP contribution in [0.2, 0.25) is 0 Å². The molecular formula is C32H32S5. The van der Waals surface area contributed by atoms with E-state index in [0.29, 0.717) is 0 Å². The predicted octanol–water partition coefficient (Wildman–Crippen LogP) is 13.2. The van der Waals surface area contributed by atoms with Crippen LogP contribution >= 0.6 is 56.7 Å². The Morgan fingerprint density at radius 1 is 0.432 bits per heavy atom. The second-order valence-corrected chi connectivity index (χ2v) is 15.6. The first-order chi connectivity index (χ1) is 18.2. The van der Waals surface area contributed by atoms with Crippen molar-refractivity contribution in [3.05, 3.63) is 47.5 Å². The number of aryl methyl sites for hydroxylation is 2. The average molecular weight is 577 g/mol. The summed E-state index contributed by atoms with van der Waals surface area (Å²) in [6, 6.07) is 14.5. The molecular weight excluding hydrogens is 545 g/mol. The van der Waals surface area contributed by atoms with Crippen LogP contribution in [0.4, 0.5) is 0 Å². The molecule has 0 nitrogen and oxygen atoms in total. The van der Waals surface area contributed by atoms with E-state index in [2.05, 4.69) is 61.6 Å². The number of thiophene rings is 5. The van der Waals surface area contributed by atoms with Crippen molar-refractivity contribution in [1.82, 2.24) is 0 Å². The van der Waals surface area contributed by atoms with Gasteiger partial charge in [0, 0.05) is 20.2 Å². The summed E-state index contributed by atoms with van der Waals surface area (Å²) in [7, 11) is 0. The fourth-order valence-corrected chi connectivity index (χ4v) is 13.3. The van der Waals surface area contributed by atoms with Crippen LogP contribution in [0.15, 0.2) is 36.4 Å². The van der Waals surface area contributed by atoms with Gasteiger partial charge < -0.3 is 0 Å². The summed E-state index contributed by atoms with van der Waals surface area (Å²) in [6.07, 6.45) is 13.1. The summed E-state index contributed by atoms with van der Waals surface area (Å²) in [4.78, 5) is 0. The summed E-state index contributed by atoms with van der Waals surface area (Å²) < 4.78 is 15.1. The van der Waals surface area contributed by atoms with E-state index in [4.69, 9.17) is 0 Å². The van der Waals surface area contributed by atoms with Crippen molar-refractivity contribution in [2.45, 2.75) is 78.1 Å². The lowest BCUT2D eigenvalue weighted by atomic mass is 10.1. The fraction of sp³-hybridized carbons (Fsp3) is 0.375. The molecule has 0 aliphatic heterocycles. The third-order valence-corrected chi connectivity index (χ3v) is 14.6. The van der Waals surface area contributed by atoms with Crippen LogP contribution in [0.1, 0.15) is 76.3 Å². The van der Waals surface area contributed by atoms with Crippen LogP contribution in [0.5, 0.6) is 0 Å². The molecule has 2 aromatic carbocycles. The SMILES string of the molecule is CCCCCCc1ccc2c(c1)sc1c2sc2c1sc1c3sc4cc(CCCCCC)ccc4c3sc12. The highest BCUT2D eigenvalue weighted by atomic mass is 32.1. The summed E-state index contributed by atoms with van der Waals surface area (Å²) in [5, 5.41) is 2.93. The standard InChI is InChI=1S/C32H32S5/c1-3-5-7-9-11-19-13-15-21-23(17-19)33-27-25(21)35-31-29(27)37-30-28-26(36-32(30)31)22-16-14-20(18-24(22)34-28)12-10-8-6-4-2/h13-18H,3-12H2,1-2H3. The molecule has 0 radical (unpaired) electrons. The highest BCUT2D eigenvalue weighted by Crippen LogP contribution is 2.55. The van der Waals surface area contributed by atoms with Gasteiger partial charge in [0.25, 0.3) is 0 Å². The van der Waals surface area contributed by atoms with E-state index >= 15 is 0 Å². The Kier molecular flexibility index (Phi) is 6.79. The zero-order valence-corrected chi connectivity index (χ0v) is 25.7. The van der Waals surface area contributed by atoms with Crippen LogP contribution < -0.4 is 0 Å². The number of fused-ring (bicyclic) bond motifs is 11. The van der Waals surface area contributed by atoms with Crippen LogP contribution in [0.3, 0.4) is 0 Å². The van der Waals surface area contributed by atoms with Crippen LogP contribution in [-0.4, -0.2) is 0 Å². The van der Waals surface area contributed by atoms with Crippen LogP contribution in [-0.2, 0) is 12.8 Å². The Morgan fingerprint density at radius 3 is 1.27 bits per heavy atom. The molecule has 5 aromatic heterocycles. The van der Waals surface area contributed by atoms with Crippen molar-refractivity contribution in [3.8, 4) is 0 Å². The van der Waals surface area contributed by atoms with Gasteiger partial charge in [0.2, 0.25) is 0 Å². The predicted molar refractivity (Wildman–Crippen MR) is 177 cm³/mol. The Labute approximate surface area is 238 Å². The molecule has 0 saturated heterocycles. The van der Waals surface area contributed by atoms with E-state index in [1.807, 2.05) is 45.3 Å². The van der Waals surface area contributed by atoms with Crippen molar-refractivity contribution in [3.63, 3.8) is 0 Å². The van der Waals surface area contributed by atoms with Gasteiger partial charge in [0.05, 0.1) is 37.6 Å². The molecule has 190 valence electrons. The molecule has 0 amide bonds. The van der Waals surface area contributed by atoms with Crippen molar-refractivity contribution in [2.24, 2.45) is 0 Å². The fourth-order valence-electron chi connectivity index (χ4n) is 5.65. The molecule has 0 unspecified atom stereocenters. The summed E-state index contributed by atoms with van der Waals surface area (Å²) in [5.74, 6) is 0. The van der Waals surface area contributed by atoms with Gasteiger partial charge in [0.15, 0.2) is 0 Å². The molecule has 0 bridgehead atoms. The van der Waals surface area contributed by atoms with Crippen LogP contribution in [0, 0.1) is 0 Å². The van der Waals surface area contributed by atoms with Gasteiger partial charge in [-0.15, -0.1) is 56.7 Å². The minimum Gasteiger partial charge on any atom is -0.133 e. The zero-order valence-electron chi connectivity index (χ0n) is 21.6. The zero-order chi connectivity index (χ0) is 24.9. The number of hydrogen-bond acceptors (Lipinski definition) is 5. The molecule has 7 rings (SSSR count). The van der Waals surface area contributed by atoms with Gasteiger partial charge in [-0.3, -0.25) is 0 Å². The minimum absolute atomic E-state index is 1.22. The largest absolute Gasteiger partial charge is 0.133 e. The third-order valence-electron chi connectivity index (χ3n) is 7.70. The van der Waals surface area contributed by atoms with Gasteiger partial charge in [-0.1, -0.05) is 76.6 Å². The Bertz CT molecular complexity index is 1730. The van der Waals surface area contributed by atoms with Crippen molar-refractivity contribution in [2.75, 3.05) is 0 Å². The van der Waals surface area contributed by atoms with Gasteiger partial charge in [-0.05, 0) is 48.9 Å². The second kappa shape index (κ2) is 10.2. The number of rotatable bonds is 10. The average Bonchev–Trinajstić information content (AvgIpc) is 3.68. The summed E-state index contributed by atoms with van der Waals surface area (Å²) in [6.45, 7) is 4.58. The maximum atomic E-state index is 2.48. The van der Waals surface area contributed by atoms with E-state index in [-0.39, 0.29) is 0 Å². The first-order valence-corrected chi connectivity index (χ1v) is 18.0. The second-order valence-electron chi connectivity index (χ2n) is 10.4. The van der Waals surface area contributed by atoms with Crippen molar-refractivity contribution >= 4 is 114 Å². The van der Waals surface area contributed by atoms with Crippen LogP contribution in [0.25, 0.3) is 57.8 Å². The van der Waals surface area contributed by atoms with E-state index < -0.39 is 0 Å². The number of hydrogen-bond donors (Lipinski definition) is 0. The highest BCUT2D eigenvalue weighted by molar-refractivity contribution is 7.49. The molecule has 5 heterocycles. The third kappa shape index (κ3) is 4.26. The molecule has 0 aliphatic carbocycles. The molecule has 0 saturated carbocycles. The lowest BCUT2D eigenvalue weighted by Gasteiger charge is -2.01. The van der Waals surface area contributed by atoms with Gasteiger partial charge >= 0.3 is 0 Å². The first-order valence-electron chi connectivity index (χ1n) is 13.9. The lowest BCUT2D eigenvalue weighted by molar-refractivity contribution is 0.667. The molecule has 5 heteroatoms. The van der Waals surface area contributed by atoms with E-state index in [1.165, 1.54) is 133 Å². The molecule has 0 spiro atoms. The van der Waals surface area contributed by atoms with Crippen molar-refractivity contribution < 1.29 is 0 Å². The van der Waals surface area contributed by atoms with Gasteiger partial charge in [-0.2, -0.15) is 0 Å². The Balaban J connectivity index is 1.26. The minimum atomic E-state index is 1.22. The van der Waals surface area contributed by atoms with E-state index in [0.717, 1.165) is 0 Å². The molecule has 37 heavy (non-hydrogen) atoms. The van der Waals surface area contributed by atoms with E-state index in [1.54, 1.807) is 0 Å². The quantitative estimate of drug-likeness (QED) is 0.142. The first kappa shape index (κ1) is 24.5. The smallest absolute Gasteiger partial charge is 0.0651 e. The highest BCUT2D eigenvalue weighted by Gasteiger charge is 2.21. The van der Waals surface area contributed by atoms with E-state index in [9.17, 15) is 0 Å². The molecule has 0 N–H and O–H groups in total. The maximum Gasteiger partial charge on any atom is 0.0651 e. The number of benzene rings is 2. The van der Waals surface area contributed by atoms with Crippen molar-refractivity contribution in [1.29, 1.82) is 0 Å². The Hall–Kier alpha value is -1.50. The summed E-state index contributed by atoms with van der Waals surface area (Å²) in [5.41, 5.74) is 3.02. The number of unbranched alkanes of at least 4 members (excludes halogenated alkanes) is 6. The topological polar surface area (TPSA) is 0 Å². The van der Waals surface area contributed by atoms with Gasteiger partial charge in [0.1, 0.15) is 0 Å².